The average molecular weight is 301 g/mol. The van der Waals surface area contributed by atoms with Gasteiger partial charge in [-0.3, -0.25) is 4.79 Å². The monoisotopic (exact) mass is 300 g/mol. The van der Waals surface area contributed by atoms with E-state index in [0.717, 1.165) is 4.88 Å². The van der Waals surface area contributed by atoms with Gasteiger partial charge >= 0.3 is 0 Å². The highest BCUT2D eigenvalue weighted by atomic mass is 35.5. The van der Waals surface area contributed by atoms with Gasteiger partial charge < -0.3 is 5.32 Å². The Morgan fingerprint density at radius 3 is 2.89 bits per heavy atom. The fourth-order valence-electron chi connectivity index (χ4n) is 1.43. The van der Waals surface area contributed by atoms with Gasteiger partial charge in [0.25, 0.3) is 5.91 Å². The van der Waals surface area contributed by atoms with Crippen molar-refractivity contribution in [2.75, 3.05) is 0 Å². The second-order valence-electron chi connectivity index (χ2n) is 3.71. The molecule has 1 amide bonds. The third-order valence-electron chi connectivity index (χ3n) is 2.38. The van der Waals surface area contributed by atoms with Gasteiger partial charge in [0.2, 0.25) is 0 Å². The van der Waals surface area contributed by atoms with Crippen LogP contribution >= 0.6 is 34.5 Å². The van der Waals surface area contributed by atoms with Crippen LogP contribution in [0.4, 0.5) is 0 Å². The van der Waals surface area contributed by atoms with Crippen molar-refractivity contribution in [2.45, 2.75) is 13.0 Å². The number of carbonyl (C=O) groups excluding carboxylic acids is 1. The van der Waals surface area contributed by atoms with Crippen LogP contribution in [0.3, 0.4) is 0 Å². The van der Waals surface area contributed by atoms with Gasteiger partial charge in [0.15, 0.2) is 0 Å². The number of thiophene rings is 1. The first kappa shape index (κ1) is 13.3. The molecule has 0 saturated carbocycles. The van der Waals surface area contributed by atoms with Gasteiger partial charge in [-0.15, -0.1) is 11.3 Å². The molecule has 1 unspecified atom stereocenters. The molecule has 0 aromatic carbocycles. The van der Waals surface area contributed by atoms with E-state index in [4.69, 9.17) is 23.2 Å². The van der Waals surface area contributed by atoms with Crippen molar-refractivity contribution >= 4 is 40.4 Å². The summed E-state index contributed by atoms with van der Waals surface area (Å²) in [5.74, 6) is -0.220. The first-order chi connectivity index (χ1) is 8.58. The van der Waals surface area contributed by atoms with E-state index in [1.54, 1.807) is 11.3 Å². The minimum atomic E-state index is -0.220. The molecule has 2 aromatic rings. The predicted octanol–water partition coefficient (Wildman–Crippen LogP) is 3.94. The number of nitrogens with one attached hydrogen (secondary N) is 1. The molecule has 1 N–H and O–H groups in total. The van der Waals surface area contributed by atoms with E-state index in [1.807, 2.05) is 24.4 Å². The Bertz CT molecular complexity index is 557. The molecular formula is C12H10Cl2N2OS. The molecule has 0 aliphatic heterocycles. The molecule has 0 fully saturated rings. The number of nitrogens with zero attached hydrogens (tertiary/aromatic N) is 1. The number of halogens is 2. The van der Waals surface area contributed by atoms with Crippen molar-refractivity contribution < 1.29 is 4.79 Å². The molecule has 2 rings (SSSR count). The fraction of sp³-hybridized carbons (Fsp3) is 0.167. The van der Waals surface area contributed by atoms with Crippen molar-refractivity contribution in [3.8, 4) is 0 Å². The number of aromatic nitrogens is 1. The van der Waals surface area contributed by atoms with E-state index in [0.29, 0.717) is 5.56 Å². The Morgan fingerprint density at radius 1 is 1.50 bits per heavy atom. The Balaban J connectivity index is 2.10. The van der Waals surface area contributed by atoms with E-state index >= 15 is 0 Å². The molecule has 6 heteroatoms. The summed E-state index contributed by atoms with van der Waals surface area (Å²) in [7, 11) is 0. The van der Waals surface area contributed by atoms with Gasteiger partial charge in [-0.25, -0.2) is 4.98 Å². The SMILES string of the molecule is CC(NC(=O)c1cnc(Cl)c(Cl)c1)c1cccs1. The van der Waals surface area contributed by atoms with Crippen LogP contribution in [0.5, 0.6) is 0 Å². The number of carbonyl (C=O) groups is 1. The molecule has 0 spiro atoms. The van der Waals surface area contributed by atoms with Crippen LogP contribution in [0.15, 0.2) is 29.8 Å². The van der Waals surface area contributed by atoms with Crippen molar-refractivity contribution in [3.63, 3.8) is 0 Å². The Hall–Kier alpha value is -1.10. The standard InChI is InChI=1S/C12H10Cl2N2OS/c1-7(10-3-2-4-18-10)16-12(17)8-5-9(13)11(14)15-6-8/h2-7H,1H3,(H,16,17). The summed E-state index contributed by atoms with van der Waals surface area (Å²) < 4.78 is 0. The molecule has 18 heavy (non-hydrogen) atoms. The number of pyridine rings is 1. The second-order valence-corrected chi connectivity index (χ2v) is 5.45. The van der Waals surface area contributed by atoms with E-state index in [2.05, 4.69) is 10.3 Å². The van der Waals surface area contributed by atoms with E-state index < -0.39 is 0 Å². The van der Waals surface area contributed by atoms with Crippen molar-refractivity contribution in [1.29, 1.82) is 0 Å². The Labute approximate surface area is 119 Å². The normalized spacial score (nSPS) is 12.2. The third kappa shape index (κ3) is 3.02. The molecule has 0 bridgehead atoms. The molecule has 1 atom stereocenters. The number of rotatable bonds is 3. The van der Waals surface area contributed by atoms with E-state index in [1.165, 1.54) is 12.3 Å². The van der Waals surface area contributed by atoms with Crippen LogP contribution < -0.4 is 5.32 Å². The van der Waals surface area contributed by atoms with Gasteiger partial charge in [-0.1, -0.05) is 29.3 Å². The van der Waals surface area contributed by atoms with Gasteiger partial charge in [0.1, 0.15) is 5.15 Å². The first-order valence-corrected chi connectivity index (χ1v) is 6.87. The van der Waals surface area contributed by atoms with Crippen molar-refractivity contribution in [3.05, 3.63) is 50.4 Å². The van der Waals surface area contributed by atoms with Crippen LogP contribution in [0.25, 0.3) is 0 Å². The summed E-state index contributed by atoms with van der Waals surface area (Å²) in [6, 6.07) is 5.38. The lowest BCUT2D eigenvalue weighted by atomic mass is 10.2. The minimum absolute atomic E-state index is 0.0491. The number of hydrogen-bond donors (Lipinski definition) is 1. The van der Waals surface area contributed by atoms with Gasteiger partial charge in [0.05, 0.1) is 16.6 Å². The molecule has 0 aliphatic rings. The van der Waals surface area contributed by atoms with E-state index in [9.17, 15) is 4.79 Å². The highest BCUT2D eigenvalue weighted by molar-refractivity contribution is 7.10. The summed E-state index contributed by atoms with van der Waals surface area (Å²) >= 11 is 13.1. The summed E-state index contributed by atoms with van der Waals surface area (Å²) in [4.78, 5) is 16.9. The van der Waals surface area contributed by atoms with Crippen molar-refractivity contribution in [2.24, 2.45) is 0 Å². The lowest BCUT2D eigenvalue weighted by molar-refractivity contribution is 0.0940. The van der Waals surface area contributed by atoms with Gasteiger partial charge in [-0.2, -0.15) is 0 Å². The number of amides is 1. The largest absolute Gasteiger partial charge is 0.345 e. The van der Waals surface area contributed by atoms with Crippen LogP contribution in [0.2, 0.25) is 10.2 Å². The molecule has 2 aromatic heterocycles. The minimum Gasteiger partial charge on any atom is -0.345 e. The fourth-order valence-corrected chi connectivity index (χ4v) is 2.44. The molecular weight excluding hydrogens is 291 g/mol. The maximum absolute atomic E-state index is 12.0. The predicted molar refractivity (Wildman–Crippen MR) is 74.5 cm³/mol. The van der Waals surface area contributed by atoms with Crippen LogP contribution in [-0.4, -0.2) is 10.9 Å². The lowest BCUT2D eigenvalue weighted by Gasteiger charge is -2.12. The van der Waals surface area contributed by atoms with Gasteiger partial charge in [0, 0.05) is 11.1 Å². The number of hydrogen-bond acceptors (Lipinski definition) is 3. The summed E-state index contributed by atoms with van der Waals surface area (Å²) in [6.07, 6.45) is 1.41. The molecule has 3 nitrogen and oxygen atoms in total. The molecule has 94 valence electrons. The molecule has 0 aliphatic carbocycles. The maximum atomic E-state index is 12.0. The zero-order valence-corrected chi connectivity index (χ0v) is 11.8. The van der Waals surface area contributed by atoms with Crippen LogP contribution in [0, 0.1) is 0 Å². The zero-order chi connectivity index (χ0) is 13.1. The van der Waals surface area contributed by atoms with Crippen LogP contribution in [-0.2, 0) is 0 Å². The molecule has 0 radical (unpaired) electrons. The van der Waals surface area contributed by atoms with Crippen LogP contribution in [0.1, 0.15) is 28.2 Å². The topological polar surface area (TPSA) is 42.0 Å². The zero-order valence-electron chi connectivity index (χ0n) is 9.48. The molecule has 0 saturated heterocycles. The highest BCUT2D eigenvalue weighted by Crippen LogP contribution is 2.21. The molecule has 2 heterocycles. The van der Waals surface area contributed by atoms with E-state index in [-0.39, 0.29) is 22.1 Å². The Morgan fingerprint density at radius 2 is 2.28 bits per heavy atom. The van der Waals surface area contributed by atoms with Crippen molar-refractivity contribution in [1.82, 2.24) is 10.3 Å². The average Bonchev–Trinajstić information content (AvgIpc) is 2.86. The lowest BCUT2D eigenvalue weighted by Crippen LogP contribution is -2.26. The third-order valence-corrected chi connectivity index (χ3v) is 4.12. The first-order valence-electron chi connectivity index (χ1n) is 5.23. The van der Waals surface area contributed by atoms with Gasteiger partial charge in [-0.05, 0) is 24.4 Å². The smallest absolute Gasteiger partial charge is 0.253 e. The highest BCUT2D eigenvalue weighted by Gasteiger charge is 2.13. The summed E-state index contributed by atoms with van der Waals surface area (Å²) in [5.41, 5.74) is 0.396. The quantitative estimate of drug-likeness (QED) is 0.872. The maximum Gasteiger partial charge on any atom is 0.253 e. The second kappa shape index (κ2) is 5.69. The Kier molecular flexibility index (Phi) is 4.22. The summed E-state index contributed by atoms with van der Waals surface area (Å²) in [6.45, 7) is 1.93. The summed E-state index contributed by atoms with van der Waals surface area (Å²) in [5, 5.41) is 5.31.